The van der Waals surface area contributed by atoms with Gasteiger partial charge in [0.05, 0.1) is 24.5 Å². The van der Waals surface area contributed by atoms with Crippen LogP contribution < -0.4 is 0 Å². The van der Waals surface area contributed by atoms with Gasteiger partial charge in [0.15, 0.2) is 0 Å². The molecule has 5 heteroatoms. The number of aromatic nitrogens is 1. The maximum absolute atomic E-state index is 9.39. The van der Waals surface area contributed by atoms with Crippen LogP contribution in [0.15, 0.2) is 28.7 Å². The molecule has 0 N–H and O–H groups in total. The summed E-state index contributed by atoms with van der Waals surface area (Å²) in [5.41, 5.74) is 4.11. The van der Waals surface area contributed by atoms with Crippen LogP contribution in [0.3, 0.4) is 0 Å². The topological polar surface area (TPSA) is 45.9 Å². The van der Waals surface area contributed by atoms with Gasteiger partial charge >= 0.3 is 0 Å². The van der Waals surface area contributed by atoms with E-state index in [1.54, 1.807) is 0 Å². The summed E-state index contributed by atoms with van der Waals surface area (Å²) in [6.07, 6.45) is 0.726. The summed E-state index contributed by atoms with van der Waals surface area (Å²) in [6.45, 7) is 1.11. The monoisotopic (exact) mass is 348 g/mol. The minimum atomic E-state index is 0.270. The minimum absolute atomic E-state index is 0.270. The van der Waals surface area contributed by atoms with E-state index in [1.165, 1.54) is 0 Å². The molecular weight excluding hydrogens is 340 g/mol. The van der Waals surface area contributed by atoms with Crippen molar-refractivity contribution in [1.82, 2.24) is 4.98 Å². The molecule has 2 heterocycles. The van der Waals surface area contributed by atoms with Gasteiger partial charge in [0, 0.05) is 22.0 Å². The molecule has 100 valence electrons. The van der Waals surface area contributed by atoms with Crippen LogP contribution in [0.1, 0.15) is 16.8 Å². The molecule has 0 spiro atoms. The van der Waals surface area contributed by atoms with Gasteiger partial charge in [0.2, 0.25) is 0 Å². The van der Waals surface area contributed by atoms with Gasteiger partial charge in [-0.15, -0.1) is 0 Å². The molecule has 1 aromatic carbocycles. The zero-order chi connectivity index (χ0) is 14.1. The zero-order valence-corrected chi connectivity index (χ0v) is 12.8. The van der Waals surface area contributed by atoms with Gasteiger partial charge in [-0.25, -0.2) is 4.98 Å². The third kappa shape index (κ3) is 2.33. The fraction of sp³-hybridized carbons (Fsp3) is 0.200. The largest absolute Gasteiger partial charge is 0.376 e. The highest BCUT2D eigenvalue weighted by Crippen LogP contribution is 2.35. The first-order valence-corrected chi connectivity index (χ1v) is 7.33. The summed E-state index contributed by atoms with van der Waals surface area (Å²) >= 11 is 9.58. The van der Waals surface area contributed by atoms with Crippen LogP contribution in [0, 0.1) is 11.3 Å². The highest BCUT2D eigenvalue weighted by molar-refractivity contribution is 9.10. The summed E-state index contributed by atoms with van der Waals surface area (Å²) < 4.78 is 6.51. The van der Waals surface area contributed by atoms with E-state index >= 15 is 0 Å². The van der Waals surface area contributed by atoms with E-state index in [0.29, 0.717) is 18.8 Å². The van der Waals surface area contributed by atoms with Crippen molar-refractivity contribution in [3.8, 4) is 17.2 Å². The lowest BCUT2D eigenvalue weighted by Crippen LogP contribution is -2.14. The molecule has 1 aromatic heterocycles. The van der Waals surface area contributed by atoms with Gasteiger partial charge in [0.25, 0.3) is 0 Å². The molecule has 0 saturated carbocycles. The fourth-order valence-corrected chi connectivity index (χ4v) is 2.89. The number of benzene rings is 1. The van der Waals surface area contributed by atoms with Crippen LogP contribution in [0.2, 0.25) is 5.15 Å². The fourth-order valence-electron chi connectivity index (χ4n) is 2.38. The summed E-state index contributed by atoms with van der Waals surface area (Å²) in [5, 5.41) is 9.66. The Balaban J connectivity index is 2.29. The average Bonchev–Trinajstić information content (AvgIpc) is 2.47. The Morgan fingerprint density at radius 2 is 2.05 bits per heavy atom. The predicted molar refractivity (Wildman–Crippen MR) is 80.5 cm³/mol. The molecule has 3 rings (SSSR count). The van der Waals surface area contributed by atoms with Gasteiger partial charge in [-0.1, -0.05) is 39.7 Å². The molecular formula is C15H10BrClN2O. The first-order chi connectivity index (χ1) is 9.70. The molecule has 0 saturated heterocycles. The van der Waals surface area contributed by atoms with E-state index in [-0.39, 0.29) is 5.15 Å². The first-order valence-electron chi connectivity index (χ1n) is 6.15. The molecule has 1 aliphatic rings. The van der Waals surface area contributed by atoms with Gasteiger partial charge < -0.3 is 4.74 Å². The van der Waals surface area contributed by atoms with Crippen molar-refractivity contribution in [1.29, 1.82) is 5.26 Å². The van der Waals surface area contributed by atoms with Crippen molar-refractivity contribution in [2.45, 2.75) is 13.0 Å². The Hall–Kier alpha value is -1.41. The van der Waals surface area contributed by atoms with Crippen molar-refractivity contribution in [3.05, 3.63) is 50.7 Å². The van der Waals surface area contributed by atoms with Crippen LogP contribution in [-0.2, 0) is 17.8 Å². The number of hydrogen-bond donors (Lipinski definition) is 0. The molecule has 0 unspecified atom stereocenters. The molecule has 1 aliphatic heterocycles. The van der Waals surface area contributed by atoms with Crippen molar-refractivity contribution < 1.29 is 4.74 Å². The summed E-state index contributed by atoms with van der Waals surface area (Å²) in [5.74, 6) is 0. The number of nitriles is 1. The zero-order valence-electron chi connectivity index (χ0n) is 10.5. The van der Waals surface area contributed by atoms with E-state index in [9.17, 15) is 5.26 Å². The average molecular weight is 350 g/mol. The highest BCUT2D eigenvalue weighted by atomic mass is 79.9. The number of halogens is 2. The number of hydrogen-bond acceptors (Lipinski definition) is 3. The van der Waals surface area contributed by atoms with Crippen LogP contribution >= 0.6 is 27.5 Å². The second-order valence-electron chi connectivity index (χ2n) is 4.50. The predicted octanol–water partition coefficient (Wildman–Crippen LogP) is 4.11. The Bertz CT molecular complexity index is 707. The quantitative estimate of drug-likeness (QED) is 0.728. The van der Waals surface area contributed by atoms with E-state index in [1.807, 2.05) is 24.3 Å². The van der Waals surface area contributed by atoms with Crippen molar-refractivity contribution in [2.24, 2.45) is 0 Å². The second-order valence-corrected chi connectivity index (χ2v) is 5.77. The maximum Gasteiger partial charge on any atom is 0.147 e. The minimum Gasteiger partial charge on any atom is -0.376 e. The Morgan fingerprint density at radius 1 is 1.30 bits per heavy atom. The SMILES string of the molecule is N#Cc1c(Cl)nc2c(c1-c1ccc(Br)cc1)COCC2. The van der Waals surface area contributed by atoms with E-state index in [4.69, 9.17) is 16.3 Å². The van der Waals surface area contributed by atoms with Crippen molar-refractivity contribution in [2.75, 3.05) is 6.61 Å². The molecule has 0 bridgehead atoms. The lowest BCUT2D eigenvalue weighted by atomic mass is 9.93. The number of ether oxygens (including phenoxy) is 1. The van der Waals surface area contributed by atoms with Gasteiger partial charge in [-0.2, -0.15) is 5.26 Å². The van der Waals surface area contributed by atoms with Crippen LogP contribution in [0.5, 0.6) is 0 Å². The molecule has 0 amide bonds. The normalized spacial score (nSPS) is 13.7. The van der Waals surface area contributed by atoms with Crippen molar-refractivity contribution >= 4 is 27.5 Å². The third-order valence-corrected chi connectivity index (χ3v) is 4.12. The second kappa shape index (κ2) is 5.53. The molecule has 20 heavy (non-hydrogen) atoms. The first kappa shape index (κ1) is 13.6. The standard InChI is InChI=1S/C15H10BrClN2O/c16-10-3-1-9(2-4-10)14-11(7-18)15(17)19-13-5-6-20-8-12(13)14/h1-4H,5-6,8H2. The Labute approximate surface area is 130 Å². The van der Waals surface area contributed by atoms with Crippen LogP contribution in [-0.4, -0.2) is 11.6 Å². The lowest BCUT2D eigenvalue weighted by molar-refractivity contribution is 0.109. The molecule has 0 atom stereocenters. The third-order valence-electron chi connectivity index (χ3n) is 3.31. The van der Waals surface area contributed by atoms with E-state index < -0.39 is 0 Å². The highest BCUT2D eigenvalue weighted by Gasteiger charge is 2.22. The van der Waals surface area contributed by atoms with Gasteiger partial charge in [0.1, 0.15) is 11.2 Å². The lowest BCUT2D eigenvalue weighted by Gasteiger charge is -2.21. The summed E-state index contributed by atoms with van der Waals surface area (Å²) in [4.78, 5) is 4.34. The Kier molecular flexibility index (Phi) is 3.75. The van der Waals surface area contributed by atoms with E-state index in [0.717, 1.165) is 33.3 Å². The van der Waals surface area contributed by atoms with Crippen LogP contribution in [0.4, 0.5) is 0 Å². The smallest absolute Gasteiger partial charge is 0.147 e. The summed E-state index contributed by atoms with van der Waals surface area (Å²) in [7, 11) is 0. The van der Waals surface area contributed by atoms with Crippen molar-refractivity contribution in [3.63, 3.8) is 0 Å². The van der Waals surface area contributed by atoms with E-state index in [2.05, 4.69) is 27.0 Å². The Morgan fingerprint density at radius 3 is 2.75 bits per heavy atom. The maximum atomic E-state index is 9.39. The summed E-state index contributed by atoms with van der Waals surface area (Å²) in [6, 6.07) is 9.98. The number of nitrogens with zero attached hydrogens (tertiary/aromatic N) is 2. The number of rotatable bonds is 1. The number of fused-ring (bicyclic) bond motifs is 1. The van der Waals surface area contributed by atoms with Gasteiger partial charge in [-0.3, -0.25) is 0 Å². The molecule has 3 nitrogen and oxygen atoms in total. The molecule has 0 aliphatic carbocycles. The molecule has 2 aromatic rings. The molecule has 0 fully saturated rings. The van der Waals surface area contributed by atoms with Gasteiger partial charge in [-0.05, 0) is 17.7 Å². The van der Waals surface area contributed by atoms with Crippen LogP contribution in [0.25, 0.3) is 11.1 Å². The molecule has 0 radical (unpaired) electrons. The number of pyridine rings is 1.